The highest BCUT2D eigenvalue weighted by atomic mass is 32.2. The molecule has 6 heteroatoms. The maximum absolute atomic E-state index is 12.7. The van der Waals surface area contributed by atoms with Crippen molar-refractivity contribution in [3.63, 3.8) is 0 Å². The van der Waals surface area contributed by atoms with Gasteiger partial charge in [0.15, 0.2) is 0 Å². The molecule has 1 rings (SSSR count). The third-order valence-corrected chi connectivity index (χ3v) is 3.73. The van der Waals surface area contributed by atoms with Gasteiger partial charge in [-0.1, -0.05) is 16.5 Å². The molecule has 0 aliphatic carbocycles. The van der Waals surface area contributed by atoms with Crippen molar-refractivity contribution in [1.82, 2.24) is 0 Å². The predicted octanol–water partition coefficient (Wildman–Crippen LogP) is 3.89. The second-order valence-electron chi connectivity index (χ2n) is 5.17. The van der Waals surface area contributed by atoms with Crippen molar-refractivity contribution in [3.8, 4) is 0 Å². The van der Waals surface area contributed by atoms with Crippen LogP contribution in [-0.2, 0) is 17.5 Å². The molecule has 0 amide bonds. The lowest BCUT2D eigenvalue weighted by Crippen LogP contribution is -2.25. The zero-order chi connectivity index (χ0) is 14.8. The molecule has 0 heterocycles. The van der Waals surface area contributed by atoms with E-state index in [1.807, 2.05) is 0 Å². The molecule has 1 aromatic rings. The number of halogens is 3. The summed E-state index contributed by atoms with van der Waals surface area (Å²) in [6, 6.07) is 3.91. The van der Waals surface area contributed by atoms with E-state index >= 15 is 0 Å². The van der Waals surface area contributed by atoms with Gasteiger partial charge in [0.1, 0.15) is 16.1 Å². The van der Waals surface area contributed by atoms with Crippen molar-refractivity contribution in [1.29, 1.82) is 0 Å². The lowest BCUT2D eigenvalue weighted by Gasteiger charge is -2.17. The number of hydrogen-bond donors (Lipinski definition) is 0. The van der Waals surface area contributed by atoms with Gasteiger partial charge in [-0.05, 0) is 44.9 Å². The van der Waals surface area contributed by atoms with Gasteiger partial charge >= 0.3 is 6.18 Å². The summed E-state index contributed by atoms with van der Waals surface area (Å²) in [5.74, 6) is 0. The van der Waals surface area contributed by atoms with Crippen molar-refractivity contribution >= 4 is 17.6 Å². The number of nitrogens with zero attached hydrogens (tertiary/aromatic N) is 1. The fourth-order valence-corrected chi connectivity index (χ4v) is 1.83. The maximum atomic E-state index is 12.7. The molecule has 0 aliphatic heterocycles. The molecular formula is C13H16F3NOS. The van der Waals surface area contributed by atoms with Crippen LogP contribution in [0.5, 0.6) is 0 Å². The fourth-order valence-electron chi connectivity index (χ4n) is 1.29. The van der Waals surface area contributed by atoms with Gasteiger partial charge in [0.25, 0.3) is 0 Å². The van der Waals surface area contributed by atoms with Crippen LogP contribution in [0.4, 0.5) is 13.2 Å². The van der Waals surface area contributed by atoms with Gasteiger partial charge < -0.3 is 4.55 Å². The molecule has 0 aromatic heterocycles. The van der Waals surface area contributed by atoms with Crippen LogP contribution in [0.3, 0.4) is 0 Å². The van der Waals surface area contributed by atoms with Gasteiger partial charge in [-0.3, -0.25) is 0 Å². The average Bonchev–Trinajstić information content (AvgIpc) is 2.24. The molecule has 0 N–H and O–H groups in total. The Morgan fingerprint density at radius 3 is 2.26 bits per heavy atom. The Bertz CT molecular complexity index is 478. The summed E-state index contributed by atoms with van der Waals surface area (Å²) in [6.45, 7) is 6.64. The van der Waals surface area contributed by atoms with E-state index in [0.717, 1.165) is 6.07 Å². The first-order chi connectivity index (χ1) is 8.51. The van der Waals surface area contributed by atoms with Crippen LogP contribution in [-0.4, -0.2) is 15.5 Å². The van der Waals surface area contributed by atoms with Gasteiger partial charge in [-0.25, -0.2) is 0 Å². The summed E-state index contributed by atoms with van der Waals surface area (Å²) < 4.78 is 53.1. The molecule has 1 unspecified atom stereocenters. The first-order valence-corrected chi connectivity index (χ1v) is 6.76. The molecule has 19 heavy (non-hydrogen) atoms. The molecular weight excluding hydrogens is 275 g/mol. The molecule has 0 saturated heterocycles. The summed E-state index contributed by atoms with van der Waals surface area (Å²) in [5, 5.41) is 0. The Morgan fingerprint density at radius 1 is 1.21 bits per heavy atom. The van der Waals surface area contributed by atoms with Crippen LogP contribution in [0.2, 0.25) is 0 Å². The van der Waals surface area contributed by atoms with Gasteiger partial charge in [-0.2, -0.15) is 13.2 Å². The zero-order valence-corrected chi connectivity index (χ0v) is 12.0. The van der Waals surface area contributed by atoms with Crippen LogP contribution in [0.25, 0.3) is 0 Å². The molecule has 0 fully saturated rings. The minimum atomic E-state index is -4.39. The van der Waals surface area contributed by atoms with E-state index < -0.39 is 27.8 Å². The number of aryl methyl sites for hydroxylation is 1. The first kappa shape index (κ1) is 16.0. The standard InChI is InChI=1S/C13H16F3NOS/c1-9-5-6-10(7-11(9)13(14,15)16)8-17-19(18)12(2,3)4/h5-8H,1-4H3. The van der Waals surface area contributed by atoms with Crippen LogP contribution >= 0.6 is 0 Å². The summed E-state index contributed by atoms with van der Waals surface area (Å²) >= 11 is -1.48. The summed E-state index contributed by atoms with van der Waals surface area (Å²) in [7, 11) is 0. The molecule has 1 aromatic carbocycles. The Hall–Kier alpha value is -1.01. The van der Waals surface area contributed by atoms with Gasteiger partial charge in [0.2, 0.25) is 0 Å². The lowest BCUT2D eigenvalue weighted by atomic mass is 10.1. The number of hydrogen-bond acceptors (Lipinski definition) is 2. The quantitative estimate of drug-likeness (QED) is 0.601. The largest absolute Gasteiger partial charge is 0.591 e. The van der Waals surface area contributed by atoms with Crippen molar-refractivity contribution in [3.05, 3.63) is 34.9 Å². The van der Waals surface area contributed by atoms with Crippen LogP contribution < -0.4 is 0 Å². The SMILES string of the molecule is Cc1ccc(C=N[S+]([O-])C(C)(C)C)cc1C(F)(F)F. The zero-order valence-electron chi connectivity index (χ0n) is 11.2. The minimum absolute atomic E-state index is 0.154. The minimum Gasteiger partial charge on any atom is -0.591 e. The van der Waals surface area contributed by atoms with Crippen molar-refractivity contribution < 1.29 is 17.7 Å². The summed E-state index contributed by atoms with van der Waals surface area (Å²) in [4.78, 5) is 0. The third-order valence-electron chi connectivity index (χ3n) is 2.39. The molecule has 0 aliphatic rings. The summed E-state index contributed by atoms with van der Waals surface area (Å²) in [5.41, 5.74) is -0.255. The fraction of sp³-hybridized carbons (Fsp3) is 0.462. The van der Waals surface area contributed by atoms with E-state index in [9.17, 15) is 17.7 Å². The Labute approximate surface area is 114 Å². The molecule has 1 atom stereocenters. The molecule has 0 radical (unpaired) electrons. The van der Waals surface area contributed by atoms with Crippen molar-refractivity contribution in [2.45, 2.75) is 38.6 Å². The molecule has 106 valence electrons. The van der Waals surface area contributed by atoms with E-state index in [1.165, 1.54) is 25.3 Å². The third kappa shape index (κ3) is 4.54. The maximum Gasteiger partial charge on any atom is 0.416 e. The Balaban J connectivity index is 3.02. The second-order valence-corrected chi connectivity index (χ2v) is 7.10. The highest BCUT2D eigenvalue weighted by Crippen LogP contribution is 2.32. The number of alkyl halides is 3. The monoisotopic (exact) mass is 291 g/mol. The Kier molecular flexibility index (Phi) is 4.68. The van der Waals surface area contributed by atoms with E-state index in [1.54, 1.807) is 20.8 Å². The van der Waals surface area contributed by atoms with Gasteiger partial charge in [0, 0.05) is 0 Å². The first-order valence-electron chi connectivity index (χ1n) is 5.66. The molecule has 0 spiro atoms. The Morgan fingerprint density at radius 2 is 1.79 bits per heavy atom. The highest BCUT2D eigenvalue weighted by Gasteiger charge is 2.32. The normalized spacial score (nSPS) is 14.9. The van der Waals surface area contributed by atoms with Gasteiger partial charge in [-0.15, -0.1) is 0 Å². The molecule has 0 saturated carbocycles. The topological polar surface area (TPSA) is 35.4 Å². The second kappa shape index (κ2) is 5.54. The molecule has 0 bridgehead atoms. The average molecular weight is 291 g/mol. The number of rotatable bonds is 2. The van der Waals surface area contributed by atoms with Crippen LogP contribution in [0.15, 0.2) is 22.6 Å². The van der Waals surface area contributed by atoms with Crippen molar-refractivity contribution in [2.24, 2.45) is 4.40 Å². The summed E-state index contributed by atoms with van der Waals surface area (Å²) in [6.07, 6.45) is -3.17. The van der Waals surface area contributed by atoms with Crippen LogP contribution in [0, 0.1) is 6.92 Å². The van der Waals surface area contributed by atoms with Crippen molar-refractivity contribution in [2.75, 3.05) is 0 Å². The van der Waals surface area contributed by atoms with Gasteiger partial charge in [0.05, 0.1) is 11.8 Å². The van der Waals surface area contributed by atoms with E-state index in [2.05, 4.69) is 4.40 Å². The van der Waals surface area contributed by atoms with Crippen LogP contribution in [0.1, 0.15) is 37.5 Å². The van der Waals surface area contributed by atoms with E-state index in [4.69, 9.17) is 0 Å². The smallest absolute Gasteiger partial charge is 0.416 e. The van der Waals surface area contributed by atoms with E-state index in [-0.39, 0.29) is 11.1 Å². The number of benzene rings is 1. The van der Waals surface area contributed by atoms with E-state index in [0.29, 0.717) is 0 Å². The molecule has 2 nitrogen and oxygen atoms in total. The predicted molar refractivity (Wildman–Crippen MR) is 71.7 cm³/mol. The highest BCUT2D eigenvalue weighted by molar-refractivity contribution is 7.91. The lowest BCUT2D eigenvalue weighted by molar-refractivity contribution is -0.138.